The van der Waals surface area contributed by atoms with Gasteiger partial charge in [-0.2, -0.15) is 0 Å². The van der Waals surface area contributed by atoms with E-state index in [9.17, 15) is 0 Å². The first-order valence-electron chi connectivity index (χ1n) is 15.7. The van der Waals surface area contributed by atoms with Gasteiger partial charge >= 0.3 is 0 Å². The van der Waals surface area contributed by atoms with E-state index in [-0.39, 0.29) is 0 Å². The molecule has 3 nitrogen and oxygen atoms in total. The molecule has 3 heteroatoms. The van der Waals surface area contributed by atoms with Gasteiger partial charge < -0.3 is 4.42 Å². The molecule has 2 aromatic heterocycles. The number of fused-ring (bicyclic) bond motifs is 9. The van der Waals surface area contributed by atoms with Crippen LogP contribution in [0.5, 0.6) is 0 Å². The highest BCUT2D eigenvalue weighted by Gasteiger charge is 2.19. The zero-order valence-electron chi connectivity index (χ0n) is 24.9. The van der Waals surface area contributed by atoms with E-state index in [2.05, 4.69) is 127 Å². The van der Waals surface area contributed by atoms with Crippen molar-refractivity contribution >= 4 is 43.6 Å². The summed E-state index contributed by atoms with van der Waals surface area (Å²) in [6, 6.07) is 51.6. The predicted octanol–water partition coefficient (Wildman–Crippen LogP) is 11.3. The van der Waals surface area contributed by atoms with Crippen LogP contribution >= 0.6 is 0 Å². The molecule has 7 aromatic carbocycles. The van der Waals surface area contributed by atoms with Crippen molar-refractivity contribution in [3.05, 3.63) is 157 Å². The molecule has 0 spiro atoms. The molecule has 0 atom stereocenters. The smallest absolute Gasteiger partial charge is 0.160 e. The highest BCUT2D eigenvalue weighted by atomic mass is 16.3. The number of aromatic nitrogens is 2. The Morgan fingerprint density at radius 1 is 0.457 bits per heavy atom. The van der Waals surface area contributed by atoms with Gasteiger partial charge in [-0.25, -0.2) is 9.97 Å². The average molecular weight is 587 g/mol. The second-order valence-corrected chi connectivity index (χ2v) is 12.2. The summed E-state index contributed by atoms with van der Waals surface area (Å²) in [4.78, 5) is 10.2. The van der Waals surface area contributed by atoms with Crippen molar-refractivity contribution in [1.82, 2.24) is 9.97 Å². The monoisotopic (exact) mass is 586 g/mol. The Kier molecular flexibility index (Phi) is 5.34. The maximum absolute atomic E-state index is 6.31. The summed E-state index contributed by atoms with van der Waals surface area (Å²) in [5.41, 5.74) is 13.7. The minimum absolute atomic E-state index is 0.720. The highest BCUT2D eigenvalue weighted by molar-refractivity contribution is 6.15. The van der Waals surface area contributed by atoms with Gasteiger partial charge in [0.2, 0.25) is 0 Å². The molecule has 1 aliphatic carbocycles. The summed E-state index contributed by atoms with van der Waals surface area (Å²) in [5.74, 6) is 0.720. The standard InChI is InChI=1S/C43H26N2O/c1-2-8-33-29(7-1)25-32-23-28(17-20-34(32)33)26-13-15-27(16-14-26)43-44-39-11-5-3-10-38(39)41(45-43)31-19-21-35-30(24-31)18-22-37-36-9-4-6-12-40(36)46-42(35)37/h1-24H,25H2. The van der Waals surface area contributed by atoms with Gasteiger partial charge in [0.05, 0.1) is 11.2 Å². The summed E-state index contributed by atoms with van der Waals surface area (Å²) in [6.45, 7) is 0. The van der Waals surface area contributed by atoms with Crippen molar-refractivity contribution < 1.29 is 4.42 Å². The highest BCUT2D eigenvalue weighted by Crippen LogP contribution is 2.40. The fourth-order valence-corrected chi connectivity index (χ4v) is 7.22. The van der Waals surface area contributed by atoms with Crippen LogP contribution in [-0.2, 0) is 6.42 Å². The molecule has 0 amide bonds. The molecule has 0 unspecified atom stereocenters. The van der Waals surface area contributed by atoms with Crippen LogP contribution in [0.2, 0.25) is 0 Å². The van der Waals surface area contributed by atoms with Crippen molar-refractivity contribution in [2.75, 3.05) is 0 Å². The summed E-state index contributed by atoms with van der Waals surface area (Å²) in [5, 5.41) is 5.53. The van der Waals surface area contributed by atoms with Crippen molar-refractivity contribution in [3.63, 3.8) is 0 Å². The number of rotatable bonds is 3. The van der Waals surface area contributed by atoms with E-state index in [4.69, 9.17) is 14.4 Å². The zero-order valence-corrected chi connectivity index (χ0v) is 24.9. The molecular weight excluding hydrogens is 560 g/mol. The van der Waals surface area contributed by atoms with E-state index in [1.165, 1.54) is 33.4 Å². The maximum Gasteiger partial charge on any atom is 0.160 e. The molecule has 0 radical (unpaired) electrons. The summed E-state index contributed by atoms with van der Waals surface area (Å²) in [7, 11) is 0. The molecule has 1 aliphatic rings. The zero-order chi connectivity index (χ0) is 30.2. The first-order chi connectivity index (χ1) is 22.8. The Hall–Kier alpha value is -6.06. The van der Waals surface area contributed by atoms with Gasteiger partial charge in [-0.3, -0.25) is 0 Å². The lowest BCUT2D eigenvalue weighted by Crippen LogP contribution is -1.95. The summed E-state index contributed by atoms with van der Waals surface area (Å²) < 4.78 is 6.31. The molecule has 0 fully saturated rings. The number of para-hydroxylation sites is 2. The SMILES string of the molecule is c1ccc2c(c1)Cc1cc(-c3ccc(-c4nc(-c5ccc6c(ccc7c8ccccc8oc67)c5)c5ccccc5n4)cc3)ccc1-2. The van der Waals surface area contributed by atoms with Gasteiger partial charge in [-0.05, 0) is 75.5 Å². The Labute approximate surface area is 265 Å². The third-order valence-electron chi connectivity index (χ3n) is 9.51. The lowest BCUT2D eigenvalue weighted by atomic mass is 9.98. The second kappa shape index (κ2) is 9.72. The molecule has 10 rings (SSSR count). The molecule has 0 saturated heterocycles. The quantitative estimate of drug-likeness (QED) is 0.207. The first-order valence-corrected chi connectivity index (χ1v) is 15.7. The van der Waals surface area contributed by atoms with Crippen LogP contribution in [0.3, 0.4) is 0 Å². The minimum atomic E-state index is 0.720. The lowest BCUT2D eigenvalue weighted by Gasteiger charge is -2.11. The number of hydrogen-bond donors (Lipinski definition) is 0. The average Bonchev–Trinajstić information content (AvgIpc) is 3.69. The van der Waals surface area contributed by atoms with Gasteiger partial charge in [0, 0.05) is 32.7 Å². The summed E-state index contributed by atoms with van der Waals surface area (Å²) >= 11 is 0. The van der Waals surface area contributed by atoms with Crippen LogP contribution < -0.4 is 0 Å². The van der Waals surface area contributed by atoms with E-state index in [1.807, 2.05) is 18.2 Å². The molecule has 0 bridgehead atoms. The largest absolute Gasteiger partial charge is 0.455 e. The summed E-state index contributed by atoms with van der Waals surface area (Å²) in [6.07, 6.45) is 0.989. The van der Waals surface area contributed by atoms with E-state index in [0.717, 1.165) is 72.7 Å². The number of benzene rings is 7. The van der Waals surface area contributed by atoms with Crippen molar-refractivity contribution in [1.29, 1.82) is 0 Å². The van der Waals surface area contributed by atoms with E-state index in [0.29, 0.717) is 0 Å². The topological polar surface area (TPSA) is 38.9 Å². The number of nitrogens with zero attached hydrogens (tertiary/aromatic N) is 2. The van der Waals surface area contributed by atoms with Gasteiger partial charge in [0.1, 0.15) is 11.2 Å². The molecule has 9 aromatic rings. The van der Waals surface area contributed by atoms with Crippen molar-refractivity contribution in [2.24, 2.45) is 0 Å². The van der Waals surface area contributed by atoms with Crippen LogP contribution in [0.15, 0.2) is 150 Å². The van der Waals surface area contributed by atoms with Crippen LogP contribution in [0.1, 0.15) is 11.1 Å². The molecule has 0 N–H and O–H groups in total. The predicted molar refractivity (Wildman–Crippen MR) is 189 cm³/mol. The third kappa shape index (κ3) is 3.85. The minimum Gasteiger partial charge on any atom is -0.455 e. The molecule has 0 saturated carbocycles. The second-order valence-electron chi connectivity index (χ2n) is 12.2. The van der Waals surface area contributed by atoms with Crippen molar-refractivity contribution in [2.45, 2.75) is 6.42 Å². The van der Waals surface area contributed by atoms with Crippen molar-refractivity contribution in [3.8, 4) is 44.9 Å². The number of hydrogen-bond acceptors (Lipinski definition) is 3. The fourth-order valence-electron chi connectivity index (χ4n) is 7.22. The van der Waals surface area contributed by atoms with E-state index in [1.54, 1.807) is 0 Å². The Balaban J connectivity index is 1.04. The number of furan rings is 1. The van der Waals surface area contributed by atoms with Gasteiger partial charge in [0.25, 0.3) is 0 Å². The van der Waals surface area contributed by atoms with Gasteiger partial charge in [-0.1, -0.05) is 115 Å². The fraction of sp³-hybridized carbons (Fsp3) is 0.0233. The Morgan fingerprint density at radius 2 is 1.17 bits per heavy atom. The van der Waals surface area contributed by atoms with Gasteiger partial charge in [0.15, 0.2) is 5.82 Å². The van der Waals surface area contributed by atoms with Crippen LogP contribution in [0, 0.1) is 0 Å². The molecule has 214 valence electrons. The van der Waals surface area contributed by atoms with Crippen LogP contribution in [0.25, 0.3) is 88.5 Å². The van der Waals surface area contributed by atoms with Crippen LogP contribution in [0.4, 0.5) is 0 Å². The third-order valence-corrected chi connectivity index (χ3v) is 9.51. The van der Waals surface area contributed by atoms with Crippen LogP contribution in [-0.4, -0.2) is 9.97 Å². The van der Waals surface area contributed by atoms with E-state index < -0.39 is 0 Å². The molecule has 2 heterocycles. The normalized spacial score (nSPS) is 12.3. The van der Waals surface area contributed by atoms with E-state index >= 15 is 0 Å². The maximum atomic E-state index is 6.31. The first kappa shape index (κ1) is 25.3. The molecular formula is C43H26N2O. The van der Waals surface area contributed by atoms with Gasteiger partial charge in [-0.15, -0.1) is 0 Å². The molecule has 0 aliphatic heterocycles. The lowest BCUT2D eigenvalue weighted by molar-refractivity contribution is 0.672. The Morgan fingerprint density at radius 3 is 2.11 bits per heavy atom. The molecule has 46 heavy (non-hydrogen) atoms. The Bertz CT molecular complexity index is 2670.